The highest BCUT2D eigenvalue weighted by Gasteiger charge is 2.18. The molecule has 0 saturated carbocycles. The summed E-state index contributed by atoms with van der Waals surface area (Å²) in [6, 6.07) is 1.66. The molecule has 0 saturated heterocycles. The van der Waals surface area contributed by atoms with Gasteiger partial charge in [-0.15, -0.1) is 0 Å². The minimum Gasteiger partial charge on any atom is -0.283 e. The van der Waals surface area contributed by atoms with Gasteiger partial charge in [-0.1, -0.05) is 0 Å². The lowest BCUT2D eigenvalue weighted by molar-refractivity contribution is 0.102. The molecule has 0 radical (unpaired) electrons. The highest BCUT2D eigenvalue weighted by molar-refractivity contribution is 9.10. The van der Waals surface area contributed by atoms with Crippen LogP contribution in [0.3, 0.4) is 0 Å². The summed E-state index contributed by atoms with van der Waals surface area (Å²) in [5.74, 6) is -0.0794. The first-order chi connectivity index (χ1) is 7.20. The molecule has 0 fully saturated rings. The van der Waals surface area contributed by atoms with Crippen molar-refractivity contribution in [1.82, 2.24) is 19.7 Å². The quantitative estimate of drug-likeness (QED) is 0.767. The Labute approximate surface area is 94.3 Å². The van der Waals surface area contributed by atoms with E-state index in [4.69, 9.17) is 0 Å². The summed E-state index contributed by atoms with van der Waals surface area (Å²) < 4.78 is 2.13. The van der Waals surface area contributed by atoms with Crippen LogP contribution in [0.1, 0.15) is 16.3 Å². The van der Waals surface area contributed by atoms with Crippen LogP contribution in [0.2, 0.25) is 0 Å². The van der Waals surface area contributed by atoms with Crippen LogP contribution >= 0.6 is 15.9 Å². The molecule has 0 N–H and O–H groups in total. The fraction of sp³-hybridized carbons (Fsp3) is 0.111. The minimum atomic E-state index is -0.248. The Bertz CT molecular complexity index is 475. The normalized spacial score (nSPS) is 10.3. The fourth-order valence-electron chi connectivity index (χ4n) is 1.19. The standard InChI is InChI=1S/C9H7BrN4O/c1-14-7(6(10)5-13-14)8(15)9-11-3-2-4-12-9/h2-5H,1H3. The molecule has 0 aliphatic carbocycles. The molecule has 2 rings (SSSR count). The van der Waals surface area contributed by atoms with Crippen LogP contribution in [-0.4, -0.2) is 25.5 Å². The Morgan fingerprint density at radius 2 is 2.07 bits per heavy atom. The van der Waals surface area contributed by atoms with Crippen LogP contribution in [0.5, 0.6) is 0 Å². The molecule has 6 heteroatoms. The van der Waals surface area contributed by atoms with E-state index in [0.29, 0.717) is 10.2 Å². The van der Waals surface area contributed by atoms with Gasteiger partial charge in [-0.05, 0) is 22.0 Å². The van der Waals surface area contributed by atoms with Crippen LogP contribution in [0.25, 0.3) is 0 Å². The smallest absolute Gasteiger partial charge is 0.249 e. The van der Waals surface area contributed by atoms with Crippen molar-refractivity contribution in [3.8, 4) is 0 Å². The molecule has 5 nitrogen and oxygen atoms in total. The molecule has 0 unspecified atom stereocenters. The van der Waals surface area contributed by atoms with E-state index < -0.39 is 0 Å². The number of aryl methyl sites for hydroxylation is 1. The first-order valence-electron chi connectivity index (χ1n) is 4.19. The van der Waals surface area contributed by atoms with Crippen molar-refractivity contribution in [3.05, 3.63) is 40.6 Å². The molecule has 2 heterocycles. The van der Waals surface area contributed by atoms with Gasteiger partial charge in [-0.2, -0.15) is 5.10 Å². The maximum atomic E-state index is 11.9. The molecule has 15 heavy (non-hydrogen) atoms. The van der Waals surface area contributed by atoms with Gasteiger partial charge in [0.1, 0.15) is 5.69 Å². The third-order valence-electron chi connectivity index (χ3n) is 1.88. The second-order valence-electron chi connectivity index (χ2n) is 2.87. The molecular formula is C9H7BrN4O. The Balaban J connectivity index is 2.46. The highest BCUT2D eigenvalue weighted by Crippen LogP contribution is 2.17. The maximum Gasteiger partial charge on any atom is 0.249 e. The number of halogens is 1. The molecule has 2 aromatic heterocycles. The van der Waals surface area contributed by atoms with Gasteiger partial charge < -0.3 is 0 Å². The topological polar surface area (TPSA) is 60.7 Å². The molecule has 0 bridgehead atoms. The number of carbonyl (C=O) groups is 1. The van der Waals surface area contributed by atoms with Crippen molar-refractivity contribution in [2.45, 2.75) is 0 Å². The van der Waals surface area contributed by atoms with Gasteiger partial charge in [0.05, 0.1) is 10.7 Å². The van der Waals surface area contributed by atoms with E-state index in [1.165, 1.54) is 17.1 Å². The van der Waals surface area contributed by atoms with E-state index in [1.807, 2.05) is 0 Å². The highest BCUT2D eigenvalue weighted by atomic mass is 79.9. The van der Waals surface area contributed by atoms with Crippen LogP contribution in [-0.2, 0) is 7.05 Å². The van der Waals surface area contributed by atoms with Crippen LogP contribution in [0.15, 0.2) is 29.1 Å². The van der Waals surface area contributed by atoms with Gasteiger partial charge in [0.2, 0.25) is 11.6 Å². The molecule has 0 aromatic carbocycles. The zero-order valence-electron chi connectivity index (χ0n) is 7.88. The monoisotopic (exact) mass is 266 g/mol. The first-order valence-corrected chi connectivity index (χ1v) is 4.98. The SMILES string of the molecule is Cn1ncc(Br)c1C(=O)c1ncccn1. The summed E-state index contributed by atoms with van der Waals surface area (Å²) in [6.07, 6.45) is 4.63. The predicted molar refractivity (Wildman–Crippen MR) is 56.4 cm³/mol. The molecule has 0 amide bonds. The van der Waals surface area contributed by atoms with Crippen LogP contribution in [0.4, 0.5) is 0 Å². The number of rotatable bonds is 2. The van der Waals surface area contributed by atoms with E-state index >= 15 is 0 Å². The summed E-state index contributed by atoms with van der Waals surface area (Å²) in [5.41, 5.74) is 0.446. The number of aromatic nitrogens is 4. The molecule has 76 valence electrons. The lowest BCUT2D eigenvalue weighted by Crippen LogP contribution is -2.12. The Morgan fingerprint density at radius 1 is 1.40 bits per heavy atom. The average molecular weight is 267 g/mol. The van der Waals surface area contributed by atoms with Gasteiger partial charge in [0.15, 0.2) is 0 Å². The van der Waals surface area contributed by atoms with Crippen molar-refractivity contribution < 1.29 is 4.79 Å². The summed E-state index contributed by atoms with van der Waals surface area (Å²) in [5, 5.41) is 3.96. The van der Waals surface area contributed by atoms with Gasteiger partial charge in [0.25, 0.3) is 0 Å². The van der Waals surface area contributed by atoms with Gasteiger partial charge in [-0.25, -0.2) is 9.97 Å². The van der Waals surface area contributed by atoms with Crippen molar-refractivity contribution in [1.29, 1.82) is 0 Å². The molecule has 0 atom stereocenters. The number of ketones is 1. The Morgan fingerprint density at radius 3 is 2.60 bits per heavy atom. The van der Waals surface area contributed by atoms with Crippen molar-refractivity contribution in [3.63, 3.8) is 0 Å². The zero-order valence-corrected chi connectivity index (χ0v) is 9.47. The number of carbonyl (C=O) groups excluding carboxylic acids is 1. The van der Waals surface area contributed by atoms with Crippen molar-refractivity contribution >= 4 is 21.7 Å². The number of hydrogen-bond acceptors (Lipinski definition) is 4. The van der Waals surface area contributed by atoms with E-state index in [9.17, 15) is 4.79 Å². The summed E-state index contributed by atoms with van der Waals surface area (Å²) >= 11 is 3.26. The number of nitrogens with zero attached hydrogens (tertiary/aromatic N) is 4. The van der Waals surface area contributed by atoms with Crippen molar-refractivity contribution in [2.75, 3.05) is 0 Å². The van der Waals surface area contributed by atoms with Gasteiger partial charge >= 0.3 is 0 Å². The number of hydrogen-bond donors (Lipinski definition) is 0. The van der Waals surface area contributed by atoms with E-state index in [0.717, 1.165) is 0 Å². The van der Waals surface area contributed by atoms with Crippen LogP contribution < -0.4 is 0 Å². The van der Waals surface area contributed by atoms with Gasteiger partial charge in [0, 0.05) is 19.4 Å². The molecule has 0 aliphatic rings. The molecular weight excluding hydrogens is 260 g/mol. The van der Waals surface area contributed by atoms with E-state index in [1.54, 1.807) is 19.3 Å². The maximum absolute atomic E-state index is 11.9. The van der Waals surface area contributed by atoms with E-state index in [2.05, 4.69) is 31.0 Å². The van der Waals surface area contributed by atoms with E-state index in [-0.39, 0.29) is 11.6 Å². The Kier molecular flexibility index (Phi) is 2.59. The average Bonchev–Trinajstić information content (AvgIpc) is 2.59. The second-order valence-corrected chi connectivity index (χ2v) is 3.72. The summed E-state index contributed by atoms with van der Waals surface area (Å²) in [4.78, 5) is 19.7. The van der Waals surface area contributed by atoms with Crippen molar-refractivity contribution in [2.24, 2.45) is 7.05 Å². The summed E-state index contributed by atoms with van der Waals surface area (Å²) in [6.45, 7) is 0. The third-order valence-corrected chi connectivity index (χ3v) is 2.46. The molecule has 0 aliphatic heterocycles. The van der Waals surface area contributed by atoms with Gasteiger partial charge in [-0.3, -0.25) is 9.48 Å². The predicted octanol–water partition coefficient (Wildman–Crippen LogP) is 1.20. The first kappa shape index (κ1) is 9.97. The molecule has 2 aromatic rings. The minimum absolute atomic E-state index is 0.168. The summed E-state index contributed by atoms with van der Waals surface area (Å²) in [7, 11) is 1.70. The fourth-order valence-corrected chi connectivity index (χ4v) is 1.72. The lowest BCUT2D eigenvalue weighted by Gasteiger charge is -2.00. The second kappa shape index (κ2) is 3.90. The zero-order chi connectivity index (χ0) is 10.8. The lowest BCUT2D eigenvalue weighted by atomic mass is 10.2. The third kappa shape index (κ3) is 1.80. The Hall–Kier alpha value is -1.56. The molecule has 0 spiro atoms. The van der Waals surface area contributed by atoms with Crippen LogP contribution in [0, 0.1) is 0 Å². The largest absolute Gasteiger partial charge is 0.283 e.